The second-order valence-electron chi connectivity index (χ2n) is 9.11. The van der Waals surface area contributed by atoms with Crippen LogP contribution in [0.15, 0.2) is 62.1 Å². The van der Waals surface area contributed by atoms with E-state index in [1.807, 2.05) is 0 Å². The Labute approximate surface area is 252 Å². The van der Waals surface area contributed by atoms with Gasteiger partial charge in [0.2, 0.25) is 0 Å². The largest absolute Gasteiger partial charge is 0.457 e. The van der Waals surface area contributed by atoms with Crippen molar-refractivity contribution in [1.29, 1.82) is 0 Å². The Morgan fingerprint density at radius 2 is 0.761 bits per heavy atom. The van der Waals surface area contributed by atoms with Crippen molar-refractivity contribution < 1.29 is 79.8 Å². The van der Waals surface area contributed by atoms with E-state index in [2.05, 4.69) is 31.6 Å². The SMILES string of the molecule is Cc1cccc(OP2(Oc3cccc(C)c3)=NP(OCC(F)(F)F)(OCC(F)(F)F)=NP(OCC(F)(F)F)(OCC(F)(F)F)=N2)c1. The van der Waals surface area contributed by atoms with Gasteiger partial charge in [-0.15, -0.1) is 13.5 Å². The number of halogens is 12. The van der Waals surface area contributed by atoms with E-state index in [-0.39, 0.29) is 11.5 Å². The molecule has 0 saturated carbocycles. The van der Waals surface area contributed by atoms with Crippen molar-refractivity contribution in [2.45, 2.75) is 38.6 Å². The molecule has 0 spiro atoms. The molecule has 1 aliphatic rings. The van der Waals surface area contributed by atoms with Gasteiger partial charge in [-0.25, -0.2) is 0 Å². The summed E-state index contributed by atoms with van der Waals surface area (Å²) < 4.78 is 200. The molecule has 0 bridgehead atoms. The lowest BCUT2D eigenvalue weighted by molar-refractivity contribution is -0.163. The average molecular weight is 745 g/mol. The van der Waals surface area contributed by atoms with Gasteiger partial charge in [0.05, 0.1) is 0 Å². The standard InChI is InChI=1S/C22H22F12N3O6P3/c1-15-5-3-7-17(9-15)42-46(43-18-8-4-6-16(2)10-18)36-44(38-11-19(23,24)25,39-12-20(26,27)28)35-45(37-46,40-13-21(29,30)31)41-14-22(32,33)34/h3-10H,11-14H2,1-2H3. The molecule has 9 nitrogen and oxygen atoms in total. The van der Waals surface area contributed by atoms with Crippen molar-refractivity contribution in [3.8, 4) is 11.5 Å². The quantitative estimate of drug-likeness (QED) is 0.159. The summed E-state index contributed by atoms with van der Waals surface area (Å²) in [6.07, 6.45) is -21.4. The molecule has 0 N–H and O–H groups in total. The second kappa shape index (κ2) is 14.1. The molecule has 0 saturated heterocycles. The van der Waals surface area contributed by atoms with Crippen LogP contribution in [0, 0.1) is 13.8 Å². The summed E-state index contributed by atoms with van der Waals surface area (Å²) in [7, 11) is -16.6. The first-order valence-electron chi connectivity index (χ1n) is 12.2. The fourth-order valence-electron chi connectivity index (χ4n) is 3.10. The molecule has 2 aromatic rings. The van der Waals surface area contributed by atoms with E-state index in [1.54, 1.807) is 0 Å². The number of hydrogen-bond acceptors (Lipinski definition) is 9. The Morgan fingerprint density at radius 1 is 0.478 bits per heavy atom. The highest BCUT2D eigenvalue weighted by Crippen LogP contribution is 2.80. The van der Waals surface area contributed by atoms with Gasteiger partial charge in [0.25, 0.3) is 0 Å². The molecule has 0 atom stereocenters. The first-order chi connectivity index (χ1) is 20.9. The molecule has 0 unspecified atom stereocenters. The lowest BCUT2D eigenvalue weighted by Crippen LogP contribution is -2.22. The van der Waals surface area contributed by atoms with Gasteiger partial charge in [-0.1, -0.05) is 24.3 Å². The van der Waals surface area contributed by atoms with E-state index in [0.29, 0.717) is 11.1 Å². The van der Waals surface area contributed by atoms with Gasteiger partial charge in [0.1, 0.15) is 11.5 Å². The first-order valence-corrected chi connectivity index (χ1v) is 16.8. The van der Waals surface area contributed by atoms with Crippen LogP contribution in [0.4, 0.5) is 52.7 Å². The second-order valence-corrected chi connectivity index (χ2v) is 15.6. The number of rotatable bonds is 12. The predicted molar refractivity (Wildman–Crippen MR) is 140 cm³/mol. The topological polar surface area (TPSA) is 92.5 Å². The molecular formula is C22H22F12N3O6P3. The zero-order chi connectivity index (χ0) is 34.7. The van der Waals surface area contributed by atoms with Crippen LogP contribution in [0.3, 0.4) is 0 Å². The highest BCUT2D eigenvalue weighted by Gasteiger charge is 2.50. The summed E-state index contributed by atoms with van der Waals surface area (Å²) in [6.45, 7) is -6.93. The zero-order valence-corrected chi connectivity index (χ0v) is 25.8. The van der Waals surface area contributed by atoms with Gasteiger partial charge in [-0.3, -0.25) is 18.1 Å². The Morgan fingerprint density at radius 3 is 1.04 bits per heavy atom. The maximum absolute atomic E-state index is 13.3. The van der Waals surface area contributed by atoms with Crippen LogP contribution in [-0.4, -0.2) is 51.1 Å². The third kappa shape index (κ3) is 12.7. The lowest BCUT2D eigenvalue weighted by Gasteiger charge is -2.33. The van der Waals surface area contributed by atoms with Crippen LogP contribution in [-0.2, 0) is 18.1 Å². The Balaban J connectivity index is 2.47. The number of nitrogens with zero attached hydrogens (tertiary/aromatic N) is 3. The number of alkyl halides is 12. The van der Waals surface area contributed by atoms with E-state index >= 15 is 0 Å². The van der Waals surface area contributed by atoms with Crippen LogP contribution in [0.25, 0.3) is 0 Å². The average Bonchev–Trinajstić information content (AvgIpc) is 2.87. The van der Waals surface area contributed by atoms with Crippen LogP contribution in [0.5, 0.6) is 11.5 Å². The van der Waals surface area contributed by atoms with E-state index in [4.69, 9.17) is 9.05 Å². The van der Waals surface area contributed by atoms with Gasteiger partial charge >= 0.3 is 47.7 Å². The van der Waals surface area contributed by atoms with Gasteiger partial charge in [0, 0.05) is 0 Å². The first kappa shape index (κ1) is 38.2. The molecule has 0 amide bonds. The molecule has 0 aromatic heterocycles. The highest BCUT2D eigenvalue weighted by molar-refractivity contribution is 7.78. The molecule has 0 aliphatic carbocycles. The van der Waals surface area contributed by atoms with E-state index < -0.39 is 74.1 Å². The molecule has 0 radical (unpaired) electrons. The van der Waals surface area contributed by atoms with Crippen LogP contribution >= 0.6 is 23.0 Å². The fourth-order valence-corrected chi connectivity index (χ4v) is 12.4. The molecule has 24 heteroatoms. The Hall–Kier alpha value is -2.27. The Kier molecular flexibility index (Phi) is 11.7. The van der Waals surface area contributed by atoms with E-state index in [1.165, 1.54) is 50.2 Å². The molecule has 3 rings (SSSR count). The molecule has 2 aromatic carbocycles. The monoisotopic (exact) mass is 745 g/mol. The summed E-state index contributed by atoms with van der Waals surface area (Å²) in [5.74, 6) is -0.658. The minimum absolute atomic E-state index is 0.329. The van der Waals surface area contributed by atoms with Gasteiger partial charge < -0.3 is 9.05 Å². The summed E-state index contributed by atoms with van der Waals surface area (Å²) in [5.41, 5.74) is 0.858. The Bertz CT molecular complexity index is 1410. The molecule has 1 aliphatic heterocycles. The zero-order valence-electron chi connectivity index (χ0n) is 23.1. The maximum atomic E-state index is 13.3. The molecule has 46 heavy (non-hydrogen) atoms. The minimum Gasteiger partial charge on any atom is -0.413 e. The van der Waals surface area contributed by atoms with Crippen molar-refractivity contribution in [3.63, 3.8) is 0 Å². The molecular weight excluding hydrogens is 723 g/mol. The number of benzene rings is 2. The van der Waals surface area contributed by atoms with Gasteiger partial charge in [-0.2, -0.15) is 52.7 Å². The summed E-state index contributed by atoms with van der Waals surface area (Å²) in [6, 6.07) is 10.5. The predicted octanol–water partition coefficient (Wildman–Crippen LogP) is 10.9. The van der Waals surface area contributed by atoms with Gasteiger partial charge in [-0.05, 0) is 49.2 Å². The van der Waals surface area contributed by atoms with E-state index in [9.17, 15) is 52.7 Å². The van der Waals surface area contributed by atoms with Crippen LogP contribution < -0.4 is 9.05 Å². The fraction of sp³-hybridized carbons (Fsp3) is 0.455. The summed E-state index contributed by atoms with van der Waals surface area (Å²) >= 11 is 0. The van der Waals surface area contributed by atoms with Crippen molar-refractivity contribution in [2.75, 3.05) is 26.4 Å². The van der Waals surface area contributed by atoms with Gasteiger partial charge in [0.15, 0.2) is 26.4 Å². The number of hydrogen-bond donors (Lipinski definition) is 0. The van der Waals surface area contributed by atoms with Crippen molar-refractivity contribution in [2.24, 2.45) is 13.5 Å². The third-order valence-electron chi connectivity index (χ3n) is 4.69. The smallest absolute Gasteiger partial charge is 0.413 e. The summed E-state index contributed by atoms with van der Waals surface area (Å²) in [5, 5.41) is 0. The maximum Gasteiger partial charge on any atom is 0.457 e. The number of aryl methyl sites for hydroxylation is 2. The molecule has 260 valence electrons. The molecule has 1 heterocycles. The minimum atomic E-state index is -5.71. The lowest BCUT2D eigenvalue weighted by atomic mass is 10.2. The highest BCUT2D eigenvalue weighted by atomic mass is 31.3. The van der Waals surface area contributed by atoms with Crippen LogP contribution in [0.1, 0.15) is 11.1 Å². The van der Waals surface area contributed by atoms with E-state index in [0.717, 1.165) is 12.1 Å². The van der Waals surface area contributed by atoms with Crippen molar-refractivity contribution in [3.05, 3.63) is 59.7 Å². The van der Waals surface area contributed by atoms with Crippen molar-refractivity contribution in [1.82, 2.24) is 0 Å². The molecule has 0 fully saturated rings. The van der Waals surface area contributed by atoms with Crippen LogP contribution in [0.2, 0.25) is 0 Å². The van der Waals surface area contributed by atoms with Crippen molar-refractivity contribution >= 4 is 23.0 Å². The normalized spacial score (nSPS) is 17.8. The summed E-state index contributed by atoms with van der Waals surface area (Å²) in [4.78, 5) is 0. The third-order valence-corrected chi connectivity index (χ3v) is 12.9.